The molecule has 0 aliphatic rings. The Kier molecular flexibility index (Phi) is 7.18. The molecule has 4 aromatic rings. The van der Waals surface area contributed by atoms with Gasteiger partial charge in [0, 0.05) is 22.2 Å². The fraction of sp³-hybridized carbons (Fsp3) is 0.308. The smallest absolute Gasteiger partial charge is 0.300 e. The summed E-state index contributed by atoms with van der Waals surface area (Å²) in [5, 5.41) is 0. The fourth-order valence-electron chi connectivity index (χ4n) is 3.83. The van der Waals surface area contributed by atoms with Gasteiger partial charge in [-0.05, 0) is 37.9 Å². The van der Waals surface area contributed by atoms with E-state index in [-0.39, 0.29) is 32.0 Å². The predicted octanol–water partition coefficient (Wildman–Crippen LogP) is 4.65. The summed E-state index contributed by atoms with van der Waals surface area (Å²) in [6.07, 6.45) is 3.27. The minimum atomic E-state index is -0.942. The molecule has 0 saturated carbocycles. The van der Waals surface area contributed by atoms with E-state index in [0.717, 1.165) is 23.3 Å². The standard InChI is InChI=1S/C26H26F2N5.Pt/c1-25(2,3)21-15-16-33(32(21)6)23-12-8-11-20(30-23)26(4,5)19-10-7-9-18(29-19)17-13-14-22(27)31-24(17)28;/h7-12,14-15H,1-6H3;/q-1;+2. The topological polar surface area (TPSA) is 47.5 Å². The van der Waals surface area contributed by atoms with Crippen molar-refractivity contribution >= 4 is 0 Å². The quantitative estimate of drug-likeness (QED) is 0.185. The zero-order valence-corrected chi connectivity index (χ0v) is 22.2. The first-order chi connectivity index (χ1) is 15.5. The van der Waals surface area contributed by atoms with Crippen molar-refractivity contribution in [2.45, 2.75) is 45.4 Å². The molecule has 34 heavy (non-hydrogen) atoms. The molecule has 4 aromatic heterocycles. The van der Waals surface area contributed by atoms with Gasteiger partial charge < -0.3 is 4.98 Å². The summed E-state index contributed by atoms with van der Waals surface area (Å²) in [5.74, 6) is -1.13. The van der Waals surface area contributed by atoms with Crippen molar-refractivity contribution in [3.63, 3.8) is 0 Å². The summed E-state index contributed by atoms with van der Waals surface area (Å²) in [6, 6.07) is 16.7. The average molecular weight is 642 g/mol. The van der Waals surface area contributed by atoms with Gasteiger partial charge in [0.2, 0.25) is 0 Å². The number of aromatic nitrogens is 5. The number of nitrogens with zero attached hydrogens (tertiary/aromatic N) is 5. The Hall–Kier alpha value is -2.79. The molecule has 0 spiro atoms. The average Bonchev–Trinajstić information content (AvgIpc) is 3.16. The first kappa shape index (κ1) is 25.8. The van der Waals surface area contributed by atoms with E-state index in [0.29, 0.717) is 11.4 Å². The Morgan fingerprint density at radius 3 is 2.15 bits per heavy atom. The Bertz CT molecular complexity index is 1330. The van der Waals surface area contributed by atoms with Gasteiger partial charge in [-0.2, -0.15) is 4.68 Å². The first-order valence-corrected chi connectivity index (χ1v) is 10.7. The Morgan fingerprint density at radius 1 is 0.882 bits per heavy atom. The molecule has 0 aliphatic carbocycles. The van der Waals surface area contributed by atoms with Crippen LogP contribution in [-0.2, 0) is 38.9 Å². The van der Waals surface area contributed by atoms with Gasteiger partial charge in [0.1, 0.15) is 24.6 Å². The summed E-state index contributed by atoms with van der Waals surface area (Å²) in [5.41, 5.74) is 2.37. The maximum absolute atomic E-state index is 14.2. The summed E-state index contributed by atoms with van der Waals surface area (Å²) >= 11 is 0. The van der Waals surface area contributed by atoms with E-state index in [1.165, 1.54) is 0 Å². The van der Waals surface area contributed by atoms with Crippen LogP contribution in [0.15, 0.2) is 48.5 Å². The van der Waals surface area contributed by atoms with Crippen molar-refractivity contribution in [2.24, 2.45) is 7.05 Å². The zero-order valence-electron chi connectivity index (χ0n) is 19.9. The van der Waals surface area contributed by atoms with Gasteiger partial charge in [0.05, 0.1) is 5.82 Å². The van der Waals surface area contributed by atoms with Crippen molar-refractivity contribution in [1.82, 2.24) is 19.6 Å². The molecular weight excluding hydrogens is 615 g/mol. The molecule has 4 rings (SSSR count). The number of hydrogen-bond acceptors (Lipinski definition) is 3. The molecular formula is C26H26F2N5Pt+. The van der Waals surface area contributed by atoms with Crippen LogP contribution in [0.5, 0.6) is 0 Å². The van der Waals surface area contributed by atoms with Crippen LogP contribution < -0.4 is 4.68 Å². The summed E-state index contributed by atoms with van der Waals surface area (Å²) < 4.78 is 31.3. The molecule has 0 atom stereocenters. The molecule has 0 N–H and O–H groups in total. The van der Waals surface area contributed by atoms with E-state index in [2.05, 4.69) is 43.0 Å². The molecule has 4 heterocycles. The summed E-state index contributed by atoms with van der Waals surface area (Å²) in [7, 11) is 1.99. The van der Waals surface area contributed by atoms with Crippen molar-refractivity contribution in [2.75, 3.05) is 0 Å². The second-order valence-corrected chi connectivity index (χ2v) is 9.55. The van der Waals surface area contributed by atoms with E-state index in [4.69, 9.17) is 4.98 Å². The molecule has 0 bridgehead atoms. The predicted molar refractivity (Wildman–Crippen MR) is 121 cm³/mol. The SMILES string of the molecule is C[n+]1c(C(C)(C)C)c[c-]n1-c1cccc(C(C)(C)c2cccc(-c3[c-]cc(F)nc3F)n2)n1.[Pt+2]. The van der Waals surface area contributed by atoms with Gasteiger partial charge in [-0.15, -0.1) is 6.07 Å². The van der Waals surface area contributed by atoms with E-state index >= 15 is 0 Å². The number of hydrogen-bond donors (Lipinski definition) is 0. The van der Waals surface area contributed by atoms with Gasteiger partial charge in [0.15, 0.2) is 0 Å². The normalized spacial score (nSPS) is 11.9. The van der Waals surface area contributed by atoms with Gasteiger partial charge in [0.25, 0.3) is 0 Å². The van der Waals surface area contributed by atoms with Crippen LogP contribution in [0, 0.1) is 24.2 Å². The zero-order chi connectivity index (χ0) is 24.0. The van der Waals surface area contributed by atoms with Gasteiger partial charge >= 0.3 is 21.1 Å². The Balaban J connectivity index is 0.00000324. The van der Waals surface area contributed by atoms with Gasteiger partial charge in [-0.1, -0.05) is 62.7 Å². The molecule has 0 aliphatic heterocycles. The summed E-state index contributed by atoms with van der Waals surface area (Å²) in [4.78, 5) is 12.8. The maximum atomic E-state index is 14.2. The van der Waals surface area contributed by atoms with E-state index in [1.54, 1.807) is 12.1 Å². The van der Waals surface area contributed by atoms with Crippen molar-refractivity contribution < 1.29 is 34.5 Å². The first-order valence-electron chi connectivity index (χ1n) is 10.7. The molecule has 5 nitrogen and oxygen atoms in total. The minimum Gasteiger partial charge on any atom is -0.300 e. The molecule has 0 radical (unpaired) electrons. The molecule has 0 saturated heterocycles. The largest absolute Gasteiger partial charge is 2.00 e. The molecule has 0 amide bonds. The third-order valence-corrected chi connectivity index (χ3v) is 5.72. The van der Waals surface area contributed by atoms with Crippen molar-refractivity contribution in [1.29, 1.82) is 0 Å². The molecule has 0 fully saturated rings. The second kappa shape index (κ2) is 9.45. The van der Waals surface area contributed by atoms with Crippen LogP contribution in [0.25, 0.3) is 17.1 Å². The Labute approximate surface area is 213 Å². The van der Waals surface area contributed by atoms with Crippen molar-refractivity contribution in [3.05, 3.63) is 89.8 Å². The van der Waals surface area contributed by atoms with Crippen LogP contribution >= 0.6 is 0 Å². The Morgan fingerprint density at radius 2 is 1.53 bits per heavy atom. The molecule has 8 heteroatoms. The second-order valence-electron chi connectivity index (χ2n) is 9.55. The molecule has 0 aromatic carbocycles. The van der Waals surface area contributed by atoms with Crippen LogP contribution in [0.3, 0.4) is 0 Å². The third-order valence-electron chi connectivity index (χ3n) is 5.72. The van der Waals surface area contributed by atoms with E-state index in [1.807, 2.05) is 60.6 Å². The van der Waals surface area contributed by atoms with Gasteiger partial charge in [-0.3, -0.25) is 9.97 Å². The molecule has 0 unspecified atom stereocenters. The van der Waals surface area contributed by atoms with Crippen LogP contribution in [0.1, 0.15) is 51.7 Å². The maximum Gasteiger partial charge on any atom is 2.00 e. The number of halogens is 2. The number of rotatable bonds is 4. The van der Waals surface area contributed by atoms with Crippen molar-refractivity contribution in [3.8, 4) is 17.1 Å². The summed E-state index contributed by atoms with van der Waals surface area (Å²) in [6.45, 7) is 10.5. The fourth-order valence-corrected chi connectivity index (χ4v) is 3.83. The van der Waals surface area contributed by atoms with Gasteiger partial charge in [-0.25, -0.2) is 13.5 Å². The third kappa shape index (κ3) is 4.85. The van der Waals surface area contributed by atoms with Crippen LogP contribution in [-0.4, -0.2) is 19.6 Å². The van der Waals surface area contributed by atoms with Crippen LogP contribution in [0.2, 0.25) is 0 Å². The monoisotopic (exact) mass is 641 g/mol. The van der Waals surface area contributed by atoms with Crippen LogP contribution in [0.4, 0.5) is 8.78 Å². The minimum absolute atomic E-state index is 0. The van der Waals surface area contributed by atoms with E-state index < -0.39 is 17.3 Å². The molecule has 178 valence electrons. The van der Waals surface area contributed by atoms with E-state index in [9.17, 15) is 8.78 Å². The number of pyridine rings is 3.